The normalized spacial score (nSPS) is 21.8. The van der Waals surface area contributed by atoms with Gasteiger partial charge in [-0.2, -0.15) is 0 Å². The highest BCUT2D eigenvalue weighted by Gasteiger charge is 2.27. The quantitative estimate of drug-likeness (QED) is 0.895. The summed E-state index contributed by atoms with van der Waals surface area (Å²) >= 11 is 0. The number of rotatable bonds is 3. The second-order valence-corrected chi connectivity index (χ2v) is 5.02. The number of nitrogens with two attached hydrogens (primary N) is 1. The predicted octanol–water partition coefficient (Wildman–Crippen LogP) is 1.37. The molecule has 1 aromatic rings. The standard InChI is InChI=1S/C15H22N2O2/c1-12-11-17(8-5-9-19-12)15(18)14(10-16)13-6-3-2-4-7-13/h2-4,6-7,12,14H,5,8-11,16H2,1H3/t12-,14-/m0/s1. The number of amides is 1. The maximum absolute atomic E-state index is 12.6. The third-order valence-electron chi connectivity index (χ3n) is 3.50. The highest BCUT2D eigenvalue weighted by atomic mass is 16.5. The van der Waals surface area contributed by atoms with Crippen LogP contribution in [-0.2, 0) is 9.53 Å². The Labute approximate surface area is 114 Å². The Bertz CT molecular complexity index is 408. The van der Waals surface area contributed by atoms with Gasteiger partial charge in [-0.1, -0.05) is 30.3 Å². The molecule has 0 radical (unpaired) electrons. The van der Waals surface area contributed by atoms with E-state index in [0.717, 1.165) is 25.1 Å². The summed E-state index contributed by atoms with van der Waals surface area (Å²) in [5.74, 6) is -0.127. The minimum Gasteiger partial charge on any atom is -0.377 e. The molecule has 0 bridgehead atoms. The lowest BCUT2D eigenvalue weighted by Gasteiger charge is -2.26. The van der Waals surface area contributed by atoms with Gasteiger partial charge in [-0.25, -0.2) is 0 Å². The van der Waals surface area contributed by atoms with Crippen molar-refractivity contribution in [2.24, 2.45) is 5.73 Å². The van der Waals surface area contributed by atoms with Crippen molar-refractivity contribution in [3.8, 4) is 0 Å². The van der Waals surface area contributed by atoms with Crippen molar-refractivity contribution in [3.63, 3.8) is 0 Å². The SMILES string of the molecule is C[C@H]1CN(C(=O)[C@@H](CN)c2ccccc2)CCCO1. The van der Waals surface area contributed by atoms with Gasteiger partial charge in [0, 0.05) is 26.2 Å². The fourth-order valence-electron chi connectivity index (χ4n) is 2.48. The lowest BCUT2D eigenvalue weighted by atomic mass is 9.97. The van der Waals surface area contributed by atoms with E-state index >= 15 is 0 Å². The zero-order valence-electron chi connectivity index (χ0n) is 11.4. The lowest BCUT2D eigenvalue weighted by molar-refractivity contribution is -0.133. The highest BCUT2D eigenvalue weighted by Crippen LogP contribution is 2.19. The summed E-state index contributed by atoms with van der Waals surface area (Å²) in [5.41, 5.74) is 6.80. The highest BCUT2D eigenvalue weighted by molar-refractivity contribution is 5.84. The number of carbonyl (C=O) groups excluding carboxylic acids is 1. The molecule has 1 saturated heterocycles. The van der Waals surface area contributed by atoms with Gasteiger partial charge in [0.15, 0.2) is 0 Å². The molecule has 2 rings (SSSR count). The van der Waals surface area contributed by atoms with Crippen LogP contribution in [0.1, 0.15) is 24.8 Å². The monoisotopic (exact) mass is 262 g/mol. The molecule has 1 aliphatic heterocycles. The Morgan fingerprint density at radius 3 is 2.89 bits per heavy atom. The van der Waals surface area contributed by atoms with Gasteiger partial charge >= 0.3 is 0 Å². The molecule has 104 valence electrons. The minimum absolute atomic E-state index is 0.0978. The topological polar surface area (TPSA) is 55.6 Å². The van der Waals surface area contributed by atoms with Crippen LogP contribution in [0.25, 0.3) is 0 Å². The third kappa shape index (κ3) is 3.55. The van der Waals surface area contributed by atoms with Crippen molar-refractivity contribution in [2.45, 2.75) is 25.4 Å². The van der Waals surface area contributed by atoms with E-state index in [2.05, 4.69) is 0 Å². The predicted molar refractivity (Wildman–Crippen MR) is 74.8 cm³/mol. The molecular formula is C15H22N2O2. The molecule has 1 heterocycles. The van der Waals surface area contributed by atoms with Crippen LogP contribution in [0.4, 0.5) is 0 Å². The molecule has 0 aromatic heterocycles. The van der Waals surface area contributed by atoms with Crippen molar-refractivity contribution in [1.29, 1.82) is 0 Å². The Balaban J connectivity index is 2.12. The second-order valence-electron chi connectivity index (χ2n) is 5.02. The molecule has 19 heavy (non-hydrogen) atoms. The van der Waals surface area contributed by atoms with E-state index < -0.39 is 0 Å². The van der Waals surface area contributed by atoms with E-state index in [1.54, 1.807) is 0 Å². The number of hydrogen-bond donors (Lipinski definition) is 1. The van der Waals surface area contributed by atoms with Crippen molar-refractivity contribution < 1.29 is 9.53 Å². The van der Waals surface area contributed by atoms with Crippen molar-refractivity contribution >= 4 is 5.91 Å². The van der Waals surface area contributed by atoms with Gasteiger partial charge < -0.3 is 15.4 Å². The zero-order chi connectivity index (χ0) is 13.7. The maximum Gasteiger partial charge on any atom is 0.231 e. The molecule has 0 unspecified atom stereocenters. The molecule has 0 spiro atoms. The van der Waals surface area contributed by atoms with E-state index in [0.29, 0.717) is 13.1 Å². The van der Waals surface area contributed by atoms with Gasteiger partial charge in [0.2, 0.25) is 5.91 Å². The van der Waals surface area contributed by atoms with E-state index in [4.69, 9.17) is 10.5 Å². The molecular weight excluding hydrogens is 240 g/mol. The zero-order valence-corrected chi connectivity index (χ0v) is 11.4. The molecule has 1 aliphatic rings. The second kappa shape index (κ2) is 6.68. The van der Waals surface area contributed by atoms with Crippen LogP contribution in [0.2, 0.25) is 0 Å². The van der Waals surface area contributed by atoms with Crippen molar-refractivity contribution in [1.82, 2.24) is 4.90 Å². The van der Waals surface area contributed by atoms with Crippen LogP contribution in [0.15, 0.2) is 30.3 Å². The lowest BCUT2D eigenvalue weighted by Crippen LogP contribution is -2.41. The van der Waals surface area contributed by atoms with Gasteiger partial charge in [0.05, 0.1) is 12.0 Å². The van der Waals surface area contributed by atoms with Crippen molar-refractivity contribution in [2.75, 3.05) is 26.2 Å². The summed E-state index contributed by atoms with van der Waals surface area (Å²) in [5, 5.41) is 0. The third-order valence-corrected chi connectivity index (χ3v) is 3.50. The molecule has 1 amide bonds. The molecule has 1 fully saturated rings. The van der Waals surface area contributed by atoms with Crippen molar-refractivity contribution in [3.05, 3.63) is 35.9 Å². The minimum atomic E-state index is -0.244. The number of ether oxygens (including phenoxy) is 1. The number of carbonyl (C=O) groups is 1. The molecule has 4 nitrogen and oxygen atoms in total. The largest absolute Gasteiger partial charge is 0.377 e. The van der Waals surface area contributed by atoms with Crippen LogP contribution in [0, 0.1) is 0 Å². The first-order valence-electron chi connectivity index (χ1n) is 6.87. The average molecular weight is 262 g/mol. The van der Waals surface area contributed by atoms with E-state index in [9.17, 15) is 4.79 Å². The number of benzene rings is 1. The fourth-order valence-corrected chi connectivity index (χ4v) is 2.48. The first kappa shape index (κ1) is 14.0. The smallest absolute Gasteiger partial charge is 0.231 e. The Morgan fingerprint density at radius 1 is 1.47 bits per heavy atom. The van der Waals surface area contributed by atoms with Crippen LogP contribution in [0.3, 0.4) is 0 Å². The fraction of sp³-hybridized carbons (Fsp3) is 0.533. The maximum atomic E-state index is 12.6. The summed E-state index contributed by atoms with van der Waals surface area (Å²) in [7, 11) is 0. The first-order valence-corrected chi connectivity index (χ1v) is 6.87. The average Bonchev–Trinajstić information content (AvgIpc) is 2.65. The Hall–Kier alpha value is -1.39. The first-order chi connectivity index (χ1) is 9.22. The molecule has 1 aromatic carbocycles. The summed E-state index contributed by atoms with van der Waals surface area (Å²) in [4.78, 5) is 14.5. The molecule has 2 atom stereocenters. The number of hydrogen-bond acceptors (Lipinski definition) is 3. The van der Waals surface area contributed by atoms with Crippen LogP contribution in [0.5, 0.6) is 0 Å². The summed E-state index contributed by atoms with van der Waals surface area (Å²) < 4.78 is 5.58. The Kier molecular flexibility index (Phi) is 4.93. The van der Waals surface area contributed by atoms with Crippen LogP contribution < -0.4 is 5.73 Å². The van der Waals surface area contributed by atoms with Gasteiger partial charge in [-0.15, -0.1) is 0 Å². The van der Waals surface area contributed by atoms with Gasteiger partial charge in [-0.05, 0) is 18.9 Å². The van der Waals surface area contributed by atoms with E-state index in [-0.39, 0.29) is 17.9 Å². The molecule has 4 heteroatoms. The van der Waals surface area contributed by atoms with Gasteiger partial charge in [0.1, 0.15) is 0 Å². The molecule has 2 N–H and O–H groups in total. The van der Waals surface area contributed by atoms with Crippen LogP contribution in [-0.4, -0.2) is 43.2 Å². The molecule has 0 aliphatic carbocycles. The summed E-state index contributed by atoms with van der Waals surface area (Å²) in [6.07, 6.45) is 0.989. The molecule has 0 saturated carbocycles. The van der Waals surface area contributed by atoms with Gasteiger partial charge in [-0.3, -0.25) is 4.79 Å². The van der Waals surface area contributed by atoms with E-state index in [1.807, 2.05) is 42.2 Å². The van der Waals surface area contributed by atoms with Gasteiger partial charge in [0.25, 0.3) is 0 Å². The summed E-state index contributed by atoms with van der Waals surface area (Å²) in [6.45, 7) is 4.48. The van der Waals surface area contributed by atoms with Crippen LogP contribution >= 0.6 is 0 Å². The number of nitrogens with zero attached hydrogens (tertiary/aromatic N) is 1. The Morgan fingerprint density at radius 2 is 2.21 bits per heavy atom. The van der Waals surface area contributed by atoms with E-state index in [1.165, 1.54) is 0 Å². The summed E-state index contributed by atoms with van der Waals surface area (Å²) in [6, 6.07) is 9.77.